The second kappa shape index (κ2) is 8.35. The number of nitrogens with one attached hydrogen (secondary N) is 1. The Morgan fingerprint density at radius 3 is 2.25 bits per heavy atom. The predicted octanol–water partition coefficient (Wildman–Crippen LogP) is 3.26. The van der Waals surface area contributed by atoms with Crippen LogP contribution in [0, 0.1) is 0 Å². The second-order valence-electron chi connectivity index (χ2n) is 4.71. The summed E-state index contributed by atoms with van der Waals surface area (Å²) in [6, 6.07) is 11.8. The summed E-state index contributed by atoms with van der Waals surface area (Å²) in [5.74, 6) is 0.0243. The quantitative estimate of drug-likeness (QED) is 0.762. The molecule has 0 bridgehead atoms. The zero-order valence-electron chi connectivity index (χ0n) is 13.2. The number of methoxy groups -OCH3 is 2. The number of amides is 1. The van der Waals surface area contributed by atoms with E-state index in [4.69, 9.17) is 14.2 Å². The van der Waals surface area contributed by atoms with E-state index in [1.165, 1.54) is 14.2 Å². The van der Waals surface area contributed by atoms with Crippen molar-refractivity contribution in [3.63, 3.8) is 0 Å². The molecule has 2 aromatic rings. The number of carbonyl (C=O) groups excluding carboxylic acids is 2. The molecule has 0 unspecified atom stereocenters. The summed E-state index contributed by atoms with van der Waals surface area (Å²) in [6.07, 6.45) is 0. The van der Waals surface area contributed by atoms with E-state index in [-0.39, 0.29) is 0 Å². The third-order valence-electron chi connectivity index (χ3n) is 3.06. The van der Waals surface area contributed by atoms with Crippen molar-refractivity contribution in [1.29, 1.82) is 0 Å². The highest BCUT2D eigenvalue weighted by molar-refractivity contribution is 9.10. The number of rotatable bonds is 6. The van der Waals surface area contributed by atoms with Crippen molar-refractivity contribution < 1.29 is 23.8 Å². The summed E-state index contributed by atoms with van der Waals surface area (Å²) < 4.78 is 15.9. The number of carbonyl (C=O) groups is 2. The molecule has 0 saturated carbocycles. The van der Waals surface area contributed by atoms with Crippen molar-refractivity contribution in [3.05, 3.63) is 52.5 Å². The minimum absolute atomic E-state index is 0.355. The van der Waals surface area contributed by atoms with Gasteiger partial charge in [-0.3, -0.25) is 4.79 Å². The molecular weight excluding hydrogens is 378 g/mol. The number of hydrogen-bond acceptors (Lipinski definition) is 5. The van der Waals surface area contributed by atoms with E-state index < -0.39 is 18.5 Å². The highest BCUT2D eigenvalue weighted by atomic mass is 79.9. The molecule has 0 heterocycles. The molecule has 0 atom stereocenters. The molecule has 2 rings (SSSR count). The van der Waals surface area contributed by atoms with Crippen LogP contribution in [0.1, 0.15) is 10.4 Å². The van der Waals surface area contributed by atoms with Crippen molar-refractivity contribution in [3.8, 4) is 11.5 Å². The van der Waals surface area contributed by atoms with E-state index in [0.29, 0.717) is 27.2 Å². The van der Waals surface area contributed by atoms with E-state index >= 15 is 0 Å². The van der Waals surface area contributed by atoms with Crippen molar-refractivity contribution in [2.75, 3.05) is 26.1 Å². The second-order valence-corrected chi connectivity index (χ2v) is 5.56. The van der Waals surface area contributed by atoms with Gasteiger partial charge in [-0.15, -0.1) is 0 Å². The van der Waals surface area contributed by atoms with Gasteiger partial charge in [0.1, 0.15) is 11.5 Å². The first kappa shape index (κ1) is 17.8. The molecule has 7 heteroatoms. The first-order chi connectivity index (χ1) is 11.5. The lowest BCUT2D eigenvalue weighted by atomic mass is 10.2. The number of benzene rings is 2. The lowest BCUT2D eigenvalue weighted by Crippen LogP contribution is -2.21. The summed E-state index contributed by atoms with van der Waals surface area (Å²) in [4.78, 5) is 23.9. The van der Waals surface area contributed by atoms with Gasteiger partial charge in [-0.1, -0.05) is 12.1 Å². The van der Waals surface area contributed by atoms with Crippen LogP contribution in [0.2, 0.25) is 0 Å². The Kier molecular flexibility index (Phi) is 6.20. The molecular formula is C17H16BrNO5. The van der Waals surface area contributed by atoms with Gasteiger partial charge in [-0.05, 0) is 28.1 Å². The maximum atomic E-state index is 12.0. The monoisotopic (exact) mass is 393 g/mol. The van der Waals surface area contributed by atoms with Gasteiger partial charge in [0.25, 0.3) is 5.91 Å². The molecule has 24 heavy (non-hydrogen) atoms. The first-order valence-electron chi connectivity index (χ1n) is 6.98. The third kappa shape index (κ3) is 4.73. The highest BCUT2D eigenvalue weighted by Gasteiger charge is 2.13. The van der Waals surface area contributed by atoms with Crippen LogP contribution in [0.4, 0.5) is 5.69 Å². The Hall–Kier alpha value is -2.54. The number of halogens is 1. The average Bonchev–Trinajstić information content (AvgIpc) is 2.59. The maximum Gasteiger partial charge on any atom is 0.339 e. The Labute approximate surface area is 147 Å². The van der Waals surface area contributed by atoms with Gasteiger partial charge in [-0.25, -0.2) is 4.79 Å². The van der Waals surface area contributed by atoms with Crippen LogP contribution >= 0.6 is 15.9 Å². The fourth-order valence-electron chi connectivity index (χ4n) is 1.91. The minimum Gasteiger partial charge on any atom is -0.497 e. The van der Waals surface area contributed by atoms with Gasteiger partial charge >= 0.3 is 5.97 Å². The van der Waals surface area contributed by atoms with E-state index in [2.05, 4.69) is 21.2 Å². The smallest absolute Gasteiger partial charge is 0.339 e. The molecule has 126 valence electrons. The number of ether oxygens (including phenoxy) is 3. The molecule has 1 N–H and O–H groups in total. The Morgan fingerprint density at radius 2 is 1.67 bits per heavy atom. The summed E-state index contributed by atoms with van der Waals surface area (Å²) in [6.45, 7) is -0.403. The highest BCUT2D eigenvalue weighted by Crippen LogP contribution is 2.25. The molecule has 2 aromatic carbocycles. The van der Waals surface area contributed by atoms with Gasteiger partial charge in [0, 0.05) is 28.4 Å². The molecule has 0 saturated heterocycles. The van der Waals surface area contributed by atoms with Gasteiger partial charge < -0.3 is 19.5 Å². The normalized spacial score (nSPS) is 9.96. The van der Waals surface area contributed by atoms with Gasteiger partial charge in [0.2, 0.25) is 0 Å². The first-order valence-corrected chi connectivity index (χ1v) is 7.77. The molecule has 0 radical (unpaired) electrons. The summed E-state index contributed by atoms with van der Waals surface area (Å²) in [5.41, 5.74) is 0.835. The third-order valence-corrected chi connectivity index (χ3v) is 3.75. The topological polar surface area (TPSA) is 73.9 Å². The minimum atomic E-state index is -0.583. The molecule has 0 aliphatic rings. The Morgan fingerprint density at radius 1 is 1.04 bits per heavy atom. The Bertz CT molecular complexity index is 725. The molecule has 0 spiro atoms. The molecule has 0 aliphatic heterocycles. The SMILES string of the molecule is COc1cc(NC(=O)COC(=O)c2ccccc2Br)cc(OC)c1. The zero-order chi connectivity index (χ0) is 17.5. The number of anilines is 1. The fourth-order valence-corrected chi connectivity index (χ4v) is 2.36. The van der Waals surface area contributed by atoms with E-state index in [1.807, 2.05) is 0 Å². The van der Waals surface area contributed by atoms with Crippen molar-refractivity contribution in [2.45, 2.75) is 0 Å². The fraction of sp³-hybridized carbons (Fsp3) is 0.176. The lowest BCUT2D eigenvalue weighted by Gasteiger charge is -2.10. The van der Waals surface area contributed by atoms with Crippen LogP contribution in [0.3, 0.4) is 0 Å². The zero-order valence-corrected chi connectivity index (χ0v) is 14.8. The van der Waals surface area contributed by atoms with E-state index in [1.54, 1.807) is 42.5 Å². The molecule has 0 aliphatic carbocycles. The van der Waals surface area contributed by atoms with Crippen molar-refractivity contribution in [2.24, 2.45) is 0 Å². The molecule has 1 amide bonds. The summed E-state index contributed by atoms with van der Waals surface area (Å²) in [5, 5.41) is 2.62. The average molecular weight is 394 g/mol. The van der Waals surface area contributed by atoms with Gasteiger partial charge in [0.15, 0.2) is 6.61 Å². The van der Waals surface area contributed by atoms with Gasteiger partial charge in [-0.2, -0.15) is 0 Å². The van der Waals surface area contributed by atoms with Crippen LogP contribution in [0.5, 0.6) is 11.5 Å². The van der Waals surface area contributed by atoms with Crippen LogP contribution in [-0.2, 0) is 9.53 Å². The van der Waals surface area contributed by atoms with Crippen LogP contribution in [0.15, 0.2) is 46.9 Å². The number of esters is 1. The molecule has 0 fully saturated rings. The predicted molar refractivity (Wildman–Crippen MR) is 92.6 cm³/mol. The van der Waals surface area contributed by atoms with Crippen LogP contribution in [0.25, 0.3) is 0 Å². The summed E-state index contributed by atoms with van der Waals surface area (Å²) in [7, 11) is 3.03. The van der Waals surface area contributed by atoms with Crippen LogP contribution < -0.4 is 14.8 Å². The van der Waals surface area contributed by atoms with Crippen LogP contribution in [-0.4, -0.2) is 32.7 Å². The van der Waals surface area contributed by atoms with E-state index in [0.717, 1.165) is 0 Å². The van der Waals surface area contributed by atoms with E-state index in [9.17, 15) is 9.59 Å². The maximum absolute atomic E-state index is 12.0. The standard InChI is InChI=1S/C17H16BrNO5/c1-22-12-7-11(8-13(9-12)23-2)19-16(20)10-24-17(21)14-5-3-4-6-15(14)18/h3-9H,10H2,1-2H3,(H,19,20). The lowest BCUT2D eigenvalue weighted by molar-refractivity contribution is -0.119. The number of hydrogen-bond donors (Lipinski definition) is 1. The molecule has 6 nitrogen and oxygen atoms in total. The summed E-state index contributed by atoms with van der Waals surface area (Å²) >= 11 is 3.26. The molecule has 0 aromatic heterocycles. The largest absolute Gasteiger partial charge is 0.497 e. The Balaban J connectivity index is 1.96. The van der Waals surface area contributed by atoms with Crippen molar-refractivity contribution in [1.82, 2.24) is 0 Å². The van der Waals surface area contributed by atoms with Crippen molar-refractivity contribution >= 4 is 33.5 Å². The van der Waals surface area contributed by atoms with Gasteiger partial charge in [0.05, 0.1) is 19.8 Å².